The fourth-order valence-corrected chi connectivity index (χ4v) is 4.31. The molecule has 1 aliphatic rings. The summed E-state index contributed by atoms with van der Waals surface area (Å²) in [5.74, 6) is 0.785. The zero-order valence-electron chi connectivity index (χ0n) is 17.1. The molecule has 1 amide bonds. The maximum absolute atomic E-state index is 12.9. The molecule has 1 heterocycles. The van der Waals surface area contributed by atoms with Crippen molar-refractivity contribution in [1.82, 2.24) is 15.3 Å². The molecule has 7 nitrogen and oxygen atoms in total. The van der Waals surface area contributed by atoms with Gasteiger partial charge in [-0.2, -0.15) is 4.98 Å². The van der Waals surface area contributed by atoms with Crippen molar-refractivity contribution < 1.29 is 17.9 Å². The molecule has 31 heavy (non-hydrogen) atoms. The molecule has 0 bridgehead atoms. The minimum atomic E-state index is -3.30. The van der Waals surface area contributed by atoms with Crippen LogP contribution in [0.15, 0.2) is 35.9 Å². The van der Waals surface area contributed by atoms with Crippen LogP contribution in [0.3, 0.4) is 0 Å². The van der Waals surface area contributed by atoms with E-state index in [2.05, 4.69) is 15.3 Å². The van der Waals surface area contributed by atoms with Gasteiger partial charge in [-0.25, -0.2) is 13.4 Å². The van der Waals surface area contributed by atoms with Gasteiger partial charge in [0.15, 0.2) is 9.84 Å². The van der Waals surface area contributed by atoms with Crippen LogP contribution < -0.4 is 10.1 Å². The van der Waals surface area contributed by atoms with Crippen molar-refractivity contribution in [3.8, 4) is 11.6 Å². The van der Waals surface area contributed by atoms with E-state index in [4.69, 9.17) is 27.9 Å². The number of rotatable bonds is 7. The Bertz CT molecular complexity index is 1080. The van der Waals surface area contributed by atoms with Crippen LogP contribution in [0.5, 0.6) is 11.6 Å². The number of amides is 1. The lowest BCUT2D eigenvalue weighted by Crippen LogP contribution is -2.31. The number of hydrogen-bond donors (Lipinski definition) is 1. The molecule has 166 valence electrons. The predicted octanol–water partition coefficient (Wildman–Crippen LogP) is 4.91. The Morgan fingerprint density at radius 1 is 1.23 bits per heavy atom. The lowest BCUT2D eigenvalue weighted by molar-refractivity contribution is 0.0943. The molecule has 1 saturated carbocycles. The molecule has 1 aliphatic carbocycles. The van der Waals surface area contributed by atoms with Gasteiger partial charge in [0.25, 0.3) is 5.91 Å². The summed E-state index contributed by atoms with van der Waals surface area (Å²) in [5, 5.41) is 4.52. The number of nitrogens with zero attached hydrogens (tertiary/aromatic N) is 2. The first-order valence-corrected chi connectivity index (χ1v) is 12.5. The van der Waals surface area contributed by atoms with E-state index in [1.807, 2.05) is 0 Å². The second-order valence-corrected chi connectivity index (χ2v) is 10.4. The van der Waals surface area contributed by atoms with E-state index in [1.54, 1.807) is 25.1 Å². The van der Waals surface area contributed by atoms with Crippen molar-refractivity contribution in [2.24, 2.45) is 0 Å². The summed E-state index contributed by atoms with van der Waals surface area (Å²) in [7, 11) is -3.30. The number of ether oxygens (including phenoxy) is 1. The van der Waals surface area contributed by atoms with E-state index in [1.165, 1.54) is 12.3 Å². The van der Waals surface area contributed by atoms with Crippen molar-refractivity contribution in [3.63, 3.8) is 0 Å². The molecule has 0 radical (unpaired) electrons. The van der Waals surface area contributed by atoms with E-state index in [-0.39, 0.29) is 17.4 Å². The Morgan fingerprint density at radius 2 is 1.87 bits per heavy atom. The van der Waals surface area contributed by atoms with Crippen molar-refractivity contribution in [1.29, 1.82) is 0 Å². The molecule has 0 aliphatic heterocycles. The SMILES string of the molecule is C[C@@H](/C=C/S(C)(=O)=O)NC(=O)c1cnc(C2CCCC2)nc1Oc1cc(Cl)cc(Cl)c1. The third-order valence-electron chi connectivity index (χ3n) is 4.76. The number of sulfone groups is 1. The van der Waals surface area contributed by atoms with Gasteiger partial charge in [0.05, 0.1) is 0 Å². The van der Waals surface area contributed by atoms with Crippen LogP contribution in [0.25, 0.3) is 0 Å². The maximum Gasteiger partial charge on any atom is 0.258 e. The lowest BCUT2D eigenvalue weighted by Gasteiger charge is -2.15. The number of carbonyl (C=O) groups is 1. The first-order valence-electron chi connectivity index (χ1n) is 9.81. The van der Waals surface area contributed by atoms with Gasteiger partial charge in [0, 0.05) is 39.9 Å². The van der Waals surface area contributed by atoms with Gasteiger partial charge < -0.3 is 10.1 Å². The van der Waals surface area contributed by atoms with Crippen LogP contribution in [-0.2, 0) is 9.84 Å². The quantitative estimate of drug-likeness (QED) is 0.600. The Balaban J connectivity index is 1.90. The highest BCUT2D eigenvalue weighted by Gasteiger charge is 2.24. The Hall–Kier alpha value is -2.16. The Labute approximate surface area is 191 Å². The normalized spacial score (nSPS) is 15.9. The van der Waals surface area contributed by atoms with Crippen molar-refractivity contribution in [3.05, 3.63) is 57.3 Å². The topological polar surface area (TPSA) is 98.2 Å². The highest BCUT2D eigenvalue weighted by atomic mass is 35.5. The molecule has 0 unspecified atom stereocenters. The molecule has 10 heteroatoms. The van der Waals surface area contributed by atoms with Crippen molar-refractivity contribution >= 4 is 38.9 Å². The average molecular weight is 484 g/mol. The van der Waals surface area contributed by atoms with Gasteiger partial charge in [-0.1, -0.05) is 42.1 Å². The van der Waals surface area contributed by atoms with Gasteiger partial charge in [-0.05, 0) is 38.0 Å². The second kappa shape index (κ2) is 9.97. The molecule has 1 aromatic heterocycles. The van der Waals surface area contributed by atoms with E-state index in [0.717, 1.165) is 37.3 Å². The number of benzene rings is 1. The van der Waals surface area contributed by atoms with E-state index >= 15 is 0 Å². The number of carbonyl (C=O) groups excluding carboxylic acids is 1. The van der Waals surface area contributed by atoms with Gasteiger partial charge >= 0.3 is 0 Å². The monoisotopic (exact) mass is 483 g/mol. The van der Waals surface area contributed by atoms with Gasteiger partial charge in [-0.3, -0.25) is 4.79 Å². The number of hydrogen-bond acceptors (Lipinski definition) is 6. The fraction of sp³-hybridized carbons (Fsp3) is 0.381. The van der Waals surface area contributed by atoms with Crippen LogP contribution in [-0.4, -0.2) is 36.6 Å². The van der Waals surface area contributed by atoms with Crippen LogP contribution in [0.2, 0.25) is 10.0 Å². The zero-order valence-corrected chi connectivity index (χ0v) is 19.5. The number of aromatic nitrogens is 2. The summed E-state index contributed by atoms with van der Waals surface area (Å²) < 4.78 is 28.5. The Kier molecular flexibility index (Phi) is 7.56. The molecular formula is C21H23Cl2N3O4S. The predicted molar refractivity (Wildman–Crippen MR) is 121 cm³/mol. The molecular weight excluding hydrogens is 461 g/mol. The van der Waals surface area contributed by atoms with Gasteiger partial charge in [-0.15, -0.1) is 0 Å². The van der Waals surface area contributed by atoms with E-state index in [0.29, 0.717) is 21.6 Å². The van der Waals surface area contributed by atoms with Crippen LogP contribution in [0.1, 0.15) is 54.7 Å². The highest BCUT2D eigenvalue weighted by Crippen LogP contribution is 2.34. The maximum atomic E-state index is 12.9. The summed E-state index contributed by atoms with van der Waals surface area (Å²) in [6.45, 7) is 1.66. The zero-order chi connectivity index (χ0) is 22.6. The number of halogens is 2. The third kappa shape index (κ3) is 6.92. The molecule has 3 rings (SSSR count). The minimum Gasteiger partial charge on any atom is -0.438 e. The van der Waals surface area contributed by atoms with E-state index < -0.39 is 21.8 Å². The molecule has 1 atom stereocenters. The van der Waals surface area contributed by atoms with Crippen LogP contribution in [0.4, 0.5) is 0 Å². The van der Waals surface area contributed by atoms with Crippen molar-refractivity contribution in [2.75, 3.05) is 6.26 Å². The summed E-state index contributed by atoms with van der Waals surface area (Å²) >= 11 is 12.1. The number of nitrogens with one attached hydrogen (secondary N) is 1. The molecule has 0 saturated heterocycles. The second-order valence-electron chi connectivity index (χ2n) is 7.56. The van der Waals surface area contributed by atoms with Gasteiger partial charge in [0.2, 0.25) is 5.88 Å². The molecule has 1 N–H and O–H groups in total. The molecule has 1 fully saturated rings. The molecule has 1 aromatic carbocycles. The Morgan fingerprint density at radius 3 is 2.48 bits per heavy atom. The average Bonchev–Trinajstić information content (AvgIpc) is 3.19. The standard InChI is InChI=1S/C21H23Cl2N3O4S/c1-13(7-8-31(2,28)29)25-20(27)18-12-24-19(14-5-3-4-6-14)26-21(18)30-17-10-15(22)9-16(23)11-17/h7-14H,3-6H2,1-2H3,(H,25,27)/b8-7+/t13-/m0/s1. The first kappa shape index (κ1) is 23.5. The minimum absolute atomic E-state index is 0.0898. The summed E-state index contributed by atoms with van der Waals surface area (Å²) in [4.78, 5) is 21.8. The lowest BCUT2D eigenvalue weighted by atomic mass is 10.1. The molecule has 0 spiro atoms. The van der Waals surface area contributed by atoms with Gasteiger partial charge in [0.1, 0.15) is 17.1 Å². The first-order chi connectivity index (χ1) is 14.6. The van der Waals surface area contributed by atoms with Crippen molar-refractivity contribution in [2.45, 2.75) is 44.6 Å². The molecule has 2 aromatic rings. The summed E-state index contributed by atoms with van der Waals surface area (Å²) in [6.07, 6.45) is 8.10. The smallest absolute Gasteiger partial charge is 0.258 e. The highest BCUT2D eigenvalue weighted by molar-refractivity contribution is 7.93. The fourth-order valence-electron chi connectivity index (χ4n) is 3.29. The van der Waals surface area contributed by atoms with Crippen LogP contribution >= 0.6 is 23.2 Å². The summed E-state index contributed by atoms with van der Waals surface area (Å²) in [6, 6.07) is 4.18. The van der Waals surface area contributed by atoms with Crippen LogP contribution in [0, 0.1) is 0 Å². The van der Waals surface area contributed by atoms with E-state index in [9.17, 15) is 13.2 Å². The largest absolute Gasteiger partial charge is 0.438 e. The third-order valence-corrected chi connectivity index (χ3v) is 5.85. The summed E-state index contributed by atoms with van der Waals surface area (Å²) in [5.41, 5.74) is 0.123.